The summed E-state index contributed by atoms with van der Waals surface area (Å²) in [5.74, 6) is 0.170. The summed E-state index contributed by atoms with van der Waals surface area (Å²) in [6.45, 7) is 1.75. The molecule has 5 heteroatoms. The molecule has 0 saturated carbocycles. The van der Waals surface area contributed by atoms with Gasteiger partial charge >= 0.3 is 0 Å². The Morgan fingerprint density at radius 2 is 1.29 bits per heavy atom. The topological polar surface area (TPSA) is 39.9 Å². The molecule has 0 N–H and O–H groups in total. The molecule has 0 amide bonds. The van der Waals surface area contributed by atoms with Gasteiger partial charge in [0.1, 0.15) is 28.3 Å². The third-order valence-electron chi connectivity index (χ3n) is 7.08. The second-order valence-electron chi connectivity index (χ2n) is 9.24. The summed E-state index contributed by atoms with van der Waals surface area (Å²) in [4.78, 5) is 4.89. The van der Waals surface area contributed by atoms with Crippen molar-refractivity contribution in [3.05, 3.63) is 150 Å². The number of methoxy groups -OCH3 is 1. The maximum Gasteiger partial charge on any atom is 0.147 e. The molecule has 0 bridgehead atoms. The minimum absolute atomic E-state index is 0.308. The van der Waals surface area contributed by atoms with Gasteiger partial charge < -0.3 is 4.74 Å². The van der Waals surface area contributed by atoms with E-state index in [1.807, 2.05) is 71.4 Å². The van der Waals surface area contributed by atoms with Crippen molar-refractivity contribution >= 4 is 11.0 Å². The van der Waals surface area contributed by atoms with E-state index < -0.39 is 5.54 Å². The number of nitrogens with zero attached hydrogens (tertiary/aromatic N) is 3. The zero-order valence-electron chi connectivity index (χ0n) is 21.2. The van der Waals surface area contributed by atoms with Gasteiger partial charge in [0.05, 0.1) is 18.8 Å². The fourth-order valence-electron chi connectivity index (χ4n) is 5.29. The zero-order chi connectivity index (χ0) is 26.1. The lowest BCUT2D eigenvalue weighted by atomic mass is 9.77. The highest BCUT2D eigenvalue weighted by Gasteiger charge is 2.40. The van der Waals surface area contributed by atoms with Crippen LogP contribution in [0.3, 0.4) is 0 Å². The van der Waals surface area contributed by atoms with E-state index in [2.05, 4.69) is 36.4 Å². The molecule has 186 valence electrons. The highest BCUT2D eigenvalue weighted by molar-refractivity contribution is 5.83. The molecule has 6 aromatic rings. The summed E-state index contributed by atoms with van der Waals surface area (Å²) < 4.78 is 22.9. The van der Waals surface area contributed by atoms with Gasteiger partial charge in [-0.25, -0.2) is 14.1 Å². The molecule has 6 rings (SSSR count). The Morgan fingerprint density at radius 3 is 1.82 bits per heavy atom. The minimum atomic E-state index is -0.797. The van der Waals surface area contributed by atoms with Crippen molar-refractivity contribution < 1.29 is 9.13 Å². The number of hydrogen-bond donors (Lipinski definition) is 0. The Kier molecular flexibility index (Phi) is 5.97. The lowest BCUT2D eigenvalue weighted by Gasteiger charge is -2.37. The number of pyridine rings is 1. The summed E-state index contributed by atoms with van der Waals surface area (Å²) in [7, 11) is 1.58. The van der Waals surface area contributed by atoms with E-state index in [4.69, 9.17) is 14.8 Å². The molecule has 4 nitrogen and oxygen atoms in total. The molecular weight excluding hydrogens is 473 g/mol. The van der Waals surface area contributed by atoms with Crippen LogP contribution >= 0.6 is 0 Å². The number of ether oxygens (including phenoxy) is 1. The van der Waals surface area contributed by atoms with Gasteiger partial charge in [-0.1, -0.05) is 103 Å². The Balaban J connectivity index is 1.71. The highest BCUT2D eigenvalue weighted by atomic mass is 19.1. The first-order valence-electron chi connectivity index (χ1n) is 12.5. The van der Waals surface area contributed by atoms with Crippen molar-refractivity contribution in [1.82, 2.24) is 14.8 Å². The summed E-state index contributed by atoms with van der Waals surface area (Å²) in [5, 5.41) is 4.95. The number of hydrogen-bond acceptors (Lipinski definition) is 3. The molecule has 0 saturated heterocycles. The lowest BCUT2D eigenvalue weighted by molar-refractivity contribution is 0.414. The summed E-state index contributed by atoms with van der Waals surface area (Å²) in [6.07, 6.45) is 1.75. The van der Waals surface area contributed by atoms with E-state index in [9.17, 15) is 0 Å². The molecule has 0 aliphatic heterocycles. The van der Waals surface area contributed by atoms with Crippen LogP contribution in [0.5, 0.6) is 5.75 Å². The van der Waals surface area contributed by atoms with Crippen LogP contribution in [0, 0.1) is 12.7 Å². The first-order valence-corrected chi connectivity index (χ1v) is 12.5. The number of aromatic nitrogens is 3. The molecule has 0 aliphatic rings. The van der Waals surface area contributed by atoms with Crippen LogP contribution in [0.15, 0.2) is 121 Å². The van der Waals surface area contributed by atoms with Crippen LogP contribution in [0.25, 0.3) is 22.3 Å². The number of aryl methyl sites for hydroxylation is 1. The largest absolute Gasteiger partial charge is 0.494 e. The van der Waals surface area contributed by atoms with Gasteiger partial charge in [0, 0.05) is 11.6 Å². The van der Waals surface area contributed by atoms with Crippen molar-refractivity contribution in [1.29, 1.82) is 0 Å². The average molecular weight is 500 g/mol. The Labute approximate surface area is 221 Å². The highest BCUT2D eigenvalue weighted by Crippen LogP contribution is 2.43. The number of fused-ring (bicyclic) bond motifs is 1. The van der Waals surface area contributed by atoms with Crippen molar-refractivity contribution in [2.24, 2.45) is 0 Å². The van der Waals surface area contributed by atoms with Gasteiger partial charge in [0.25, 0.3) is 0 Å². The van der Waals surface area contributed by atoms with Crippen LogP contribution in [-0.4, -0.2) is 21.9 Å². The molecule has 0 unspecified atom stereocenters. The number of rotatable bonds is 6. The van der Waals surface area contributed by atoms with Crippen LogP contribution in [0.1, 0.15) is 22.3 Å². The summed E-state index contributed by atoms with van der Waals surface area (Å²) in [5.41, 5.74) is 5.18. The van der Waals surface area contributed by atoms with Crippen LogP contribution in [-0.2, 0) is 5.54 Å². The predicted octanol–water partition coefficient (Wildman–Crippen LogP) is 7.39. The maximum atomic E-state index is 15.1. The Hall–Kier alpha value is -4.77. The Bertz CT molecular complexity index is 1620. The van der Waals surface area contributed by atoms with Gasteiger partial charge in [0.2, 0.25) is 0 Å². The van der Waals surface area contributed by atoms with Crippen molar-refractivity contribution in [3.8, 4) is 17.0 Å². The summed E-state index contributed by atoms with van der Waals surface area (Å²) in [6, 6.07) is 38.2. The molecule has 38 heavy (non-hydrogen) atoms. The lowest BCUT2D eigenvalue weighted by Crippen LogP contribution is -2.38. The van der Waals surface area contributed by atoms with Crippen molar-refractivity contribution in [2.75, 3.05) is 7.11 Å². The third-order valence-corrected chi connectivity index (χ3v) is 7.08. The van der Waals surface area contributed by atoms with Gasteiger partial charge in [-0.05, 0) is 35.2 Å². The number of halogens is 1. The second kappa shape index (κ2) is 9.60. The van der Waals surface area contributed by atoms with Gasteiger partial charge in [-0.3, -0.25) is 0 Å². The predicted molar refractivity (Wildman–Crippen MR) is 149 cm³/mol. The van der Waals surface area contributed by atoms with Crippen molar-refractivity contribution in [3.63, 3.8) is 0 Å². The van der Waals surface area contributed by atoms with Crippen molar-refractivity contribution in [2.45, 2.75) is 12.5 Å². The normalized spacial score (nSPS) is 11.6. The van der Waals surface area contributed by atoms with E-state index in [-0.39, 0.29) is 5.82 Å². The van der Waals surface area contributed by atoms with E-state index in [1.54, 1.807) is 32.4 Å². The smallest absolute Gasteiger partial charge is 0.147 e. The molecule has 0 atom stereocenters. The molecule has 4 aromatic carbocycles. The average Bonchev–Trinajstić information content (AvgIpc) is 3.39. The van der Waals surface area contributed by atoms with Crippen LogP contribution < -0.4 is 4.74 Å². The maximum absolute atomic E-state index is 15.1. The van der Waals surface area contributed by atoms with E-state index in [0.717, 1.165) is 22.2 Å². The van der Waals surface area contributed by atoms with E-state index in [0.29, 0.717) is 28.1 Å². The molecule has 2 heterocycles. The monoisotopic (exact) mass is 499 g/mol. The fraction of sp³-hybridized carbons (Fsp3) is 0.0909. The molecule has 0 aliphatic carbocycles. The molecular formula is C33H26FN3O. The fourth-order valence-corrected chi connectivity index (χ4v) is 5.29. The third kappa shape index (κ3) is 3.67. The quantitative estimate of drug-likeness (QED) is 0.224. The van der Waals surface area contributed by atoms with Gasteiger partial charge in [-0.2, -0.15) is 5.10 Å². The first kappa shape index (κ1) is 23.6. The molecule has 0 spiro atoms. The Morgan fingerprint density at radius 1 is 0.737 bits per heavy atom. The van der Waals surface area contributed by atoms with E-state index >= 15 is 4.39 Å². The second-order valence-corrected chi connectivity index (χ2v) is 9.24. The van der Waals surface area contributed by atoms with Crippen LogP contribution in [0.2, 0.25) is 0 Å². The molecule has 0 fully saturated rings. The van der Waals surface area contributed by atoms with Gasteiger partial charge in [-0.15, -0.1) is 0 Å². The number of benzene rings is 4. The zero-order valence-corrected chi connectivity index (χ0v) is 21.2. The summed E-state index contributed by atoms with van der Waals surface area (Å²) >= 11 is 0. The van der Waals surface area contributed by atoms with E-state index in [1.165, 1.54) is 0 Å². The van der Waals surface area contributed by atoms with Crippen LogP contribution in [0.4, 0.5) is 4.39 Å². The molecule has 2 aromatic heterocycles. The standard InChI is InChI=1S/C33H26FN3O/c1-23-13-12-20-27(31(23)34)32-30(38-2)21-29-28(36-32)22-35-37(29)33(24-14-6-3-7-15-24,25-16-8-4-9-17-25)26-18-10-5-11-19-26/h3-22H,1-2H3. The molecule has 0 radical (unpaired) electrons. The van der Waals surface area contributed by atoms with Gasteiger partial charge in [0.15, 0.2) is 0 Å². The minimum Gasteiger partial charge on any atom is -0.494 e. The first-order chi connectivity index (χ1) is 18.6. The SMILES string of the molecule is COc1cc2c(cnn2C(c2ccccc2)(c2ccccc2)c2ccccc2)nc1-c1cccc(C)c1F.